The minimum atomic E-state index is 0.571. The van der Waals surface area contributed by atoms with E-state index in [1.54, 1.807) is 18.0 Å². The van der Waals surface area contributed by atoms with Crippen LogP contribution >= 0.6 is 34.7 Å². The number of aromatic nitrogens is 1. The molecule has 18 heavy (non-hydrogen) atoms. The van der Waals surface area contributed by atoms with Gasteiger partial charge in [0.05, 0.1) is 6.61 Å². The molecule has 2 N–H and O–H groups in total. The van der Waals surface area contributed by atoms with Crippen LogP contribution in [0.2, 0.25) is 4.47 Å². The highest BCUT2D eigenvalue weighted by molar-refractivity contribution is 7.98. The number of thioether (sulfide) groups is 1. The zero-order valence-electron chi connectivity index (χ0n) is 9.85. The van der Waals surface area contributed by atoms with Gasteiger partial charge in [-0.3, -0.25) is 0 Å². The summed E-state index contributed by atoms with van der Waals surface area (Å²) in [5.41, 5.74) is 6.70. The maximum atomic E-state index is 5.94. The van der Waals surface area contributed by atoms with E-state index >= 15 is 0 Å². The van der Waals surface area contributed by atoms with E-state index in [9.17, 15) is 0 Å². The van der Waals surface area contributed by atoms with Gasteiger partial charge >= 0.3 is 0 Å². The fourth-order valence-corrected chi connectivity index (χ4v) is 3.39. The Morgan fingerprint density at radius 1 is 1.50 bits per heavy atom. The first kappa shape index (κ1) is 13.5. The monoisotopic (exact) mass is 300 g/mol. The van der Waals surface area contributed by atoms with Gasteiger partial charge in [0.25, 0.3) is 0 Å². The Morgan fingerprint density at radius 3 is 3.00 bits per heavy atom. The molecule has 0 aliphatic carbocycles. The molecule has 0 bridgehead atoms. The van der Waals surface area contributed by atoms with Crippen molar-refractivity contribution < 1.29 is 4.74 Å². The van der Waals surface area contributed by atoms with Gasteiger partial charge in [-0.1, -0.05) is 11.6 Å². The molecule has 1 heterocycles. The molecule has 3 nitrogen and oxygen atoms in total. The first-order chi connectivity index (χ1) is 8.69. The van der Waals surface area contributed by atoms with Gasteiger partial charge in [-0.2, -0.15) is 0 Å². The lowest BCUT2D eigenvalue weighted by molar-refractivity contribution is 0.339. The van der Waals surface area contributed by atoms with Gasteiger partial charge in [0, 0.05) is 27.4 Å². The molecule has 2 aromatic rings. The van der Waals surface area contributed by atoms with E-state index in [1.807, 2.05) is 25.1 Å². The molecule has 0 radical (unpaired) electrons. The van der Waals surface area contributed by atoms with Gasteiger partial charge in [0.2, 0.25) is 0 Å². The van der Waals surface area contributed by atoms with Crippen LogP contribution in [0.25, 0.3) is 0 Å². The second-order valence-corrected chi connectivity index (χ2v) is 6.22. The number of thiazole rings is 1. The molecule has 2 rings (SSSR count). The molecule has 96 valence electrons. The number of nitrogens with two attached hydrogens (primary N) is 1. The summed E-state index contributed by atoms with van der Waals surface area (Å²) in [7, 11) is 0. The Labute approximate surface area is 119 Å². The molecular weight excluding hydrogens is 288 g/mol. The van der Waals surface area contributed by atoms with Crippen LogP contribution in [0, 0.1) is 0 Å². The van der Waals surface area contributed by atoms with Crippen molar-refractivity contribution in [3.05, 3.63) is 33.7 Å². The summed E-state index contributed by atoms with van der Waals surface area (Å²) < 4.78 is 6.03. The SMILES string of the molecule is CCOc1ccc(N)c(SCc2cnc(Cl)s2)c1. The molecule has 0 unspecified atom stereocenters. The Balaban J connectivity index is 2.05. The molecule has 0 aliphatic rings. The molecule has 1 aromatic heterocycles. The summed E-state index contributed by atoms with van der Waals surface area (Å²) in [5.74, 6) is 1.65. The van der Waals surface area contributed by atoms with E-state index < -0.39 is 0 Å². The van der Waals surface area contributed by atoms with Crippen molar-refractivity contribution >= 4 is 40.4 Å². The Morgan fingerprint density at radius 2 is 2.33 bits per heavy atom. The van der Waals surface area contributed by atoms with Crippen molar-refractivity contribution in [3.8, 4) is 5.75 Å². The van der Waals surface area contributed by atoms with Crippen LogP contribution in [0.4, 0.5) is 5.69 Å². The summed E-state index contributed by atoms with van der Waals surface area (Å²) in [6.07, 6.45) is 1.79. The summed E-state index contributed by atoms with van der Waals surface area (Å²) in [4.78, 5) is 6.16. The predicted octanol–water partition coefficient (Wildman–Crippen LogP) is 4.07. The Hall–Kier alpha value is -0.910. The summed E-state index contributed by atoms with van der Waals surface area (Å²) in [6.45, 7) is 2.61. The lowest BCUT2D eigenvalue weighted by Gasteiger charge is -2.08. The number of benzene rings is 1. The highest BCUT2D eigenvalue weighted by Crippen LogP contribution is 2.33. The molecular formula is C12H13ClN2OS2. The lowest BCUT2D eigenvalue weighted by Crippen LogP contribution is -1.94. The molecule has 1 aromatic carbocycles. The van der Waals surface area contributed by atoms with Crippen LogP contribution in [0.5, 0.6) is 5.75 Å². The zero-order chi connectivity index (χ0) is 13.0. The number of hydrogen-bond acceptors (Lipinski definition) is 5. The number of nitrogen functional groups attached to an aromatic ring is 1. The molecule has 0 saturated heterocycles. The number of halogens is 1. The van der Waals surface area contributed by atoms with E-state index in [0.717, 1.165) is 27.0 Å². The third-order valence-corrected chi connectivity index (χ3v) is 4.61. The average Bonchev–Trinajstić information content (AvgIpc) is 2.76. The zero-order valence-corrected chi connectivity index (χ0v) is 12.2. The molecule has 6 heteroatoms. The van der Waals surface area contributed by atoms with E-state index in [4.69, 9.17) is 22.1 Å². The van der Waals surface area contributed by atoms with Gasteiger partial charge in [-0.25, -0.2) is 4.98 Å². The van der Waals surface area contributed by atoms with Gasteiger partial charge in [0.1, 0.15) is 5.75 Å². The summed E-state index contributed by atoms with van der Waals surface area (Å²) >= 11 is 8.94. The van der Waals surface area contributed by atoms with Gasteiger partial charge < -0.3 is 10.5 Å². The van der Waals surface area contributed by atoms with Crippen molar-refractivity contribution in [2.45, 2.75) is 17.6 Å². The normalized spacial score (nSPS) is 10.6. The van der Waals surface area contributed by atoms with E-state index in [0.29, 0.717) is 11.1 Å². The number of rotatable bonds is 5. The van der Waals surface area contributed by atoms with Crippen LogP contribution in [-0.2, 0) is 5.75 Å². The Bertz CT molecular complexity index is 531. The smallest absolute Gasteiger partial charge is 0.183 e. The van der Waals surface area contributed by atoms with Gasteiger partial charge in [-0.05, 0) is 25.1 Å². The van der Waals surface area contributed by atoms with Crippen LogP contribution in [0.3, 0.4) is 0 Å². The van der Waals surface area contributed by atoms with Crippen LogP contribution in [0.1, 0.15) is 11.8 Å². The molecule has 0 saturated carbocycles. The second-order valence-electron chi connectivity index (χ2n) is 3.50. The van der Waals surface area contributed by atoms with E-state index in [1.165, 1.54) is 11.3 Å². The maximum absolute atomic E-state index is 5.94. The first-order valence-electron chi connectivity index (χ1n) is 5.44. The van der Waals surface area contributed by atoms with E-state index in [-0.39, 0.29) is 0 Å². The van der Waals surface area contributed by atoms with Crippen molar-refractivity contribution in [2.24, 2.45) is 0 Å². The van der Waals surface area contributed by atoms with Crippen LogP contribution in [-0.4, -0.2) is 11.6 Å². The highest BCUT2D eigenvalue weighted by Gasteiger charge is 2.05. The minimum absolute atomic E-state index is 0.571. The number of nitrogens with zero attached hydrogens (tertiary/aromatic N) is 1. The standard InChI is InChI=1S/C12H13ClN2OS2/c1-2-16-8-3-4-10(14)11(5-8)17-7-9-6-15-12(13)18-9/h3-6H,2,7,14H2,1H3. The summed E-state index contributed by atoms with van der Waals surface area (Å²) in [6, 6.07) is 5.71. The van der Waals surface area contributed by atoms with Crippen molar-refractivity contribution in [2.75, 3.05) is 12.3 Å². The van der Waals surface area contributed by atoms with Crippen LogP contribution in [0.15, 0.2) is 29.3 Å². The predicted molar refractivity (Wildman–Crippen MR) is 78.7 cm³/mol. The summed E-state index contributed by atoms with van der Waals surface area (Å²) in [5, 5.41) is 0. The topological polar surface area (TPSA) is 48.1 Å². The van der Waals surface area contributed by atoms with Crippen molar-refractivity contribution in [3.63, 3.8) is 0 Å². The molecule has 0 atom stereocenters. The third kappa shape index (κ3) is 3.54. The number of anilines is 1. The molecule has 0 spiro atoms. The van der Waals surface area contributed by atoms with Gasteiger partial charge in [-0.15, -0.1) is 23.1 Å². The maximum Gasteiger partial charge on any atom is 0.183 e. The number of ether oxygens (including phenoxy) is 1. The average molecular weight is 301 g/mol. The fraction of sp³-hybridized carbons (Fsp3) is 0.250. The third-order valence-electron chi connectivity index (χ3n) is 2.19. The quantitative estimate of drug-likeness (QED) is 0.668. The molecule has 0 fully saturated rings. The minimum Gasteiger partial charge on any atom is -0.494 e. The second kappa shape index (κ2) is 6.31. The first-order valence-corrected chi connectivity index (χ1v) is 7.62. The Kier molecular flexibility index (Phi) is 4.74. The molecule has 0 aliphatic heterocycles. The highest BCUT2D eigenvalue weighted by atomic mass is 35.5. The van der Waals surface area contributed by atoms with Gasteiger partial charge in [0.15, 0.2) is 4.47 Å². The fourth-order valence-electron chi connectivity index (χ4n) is 1.40. The van der Waals surface area contributed by atoms with Crippen molar-refractivity contribution in [1.29, 1.82) is 0 Å². The van der Waals surface area contributed by atoms with E-state index in [2.05, 4.69) is 4.98 Å². The largest absolute Gasteiger partial charge is 0.494 e. The van der Waals surface area contributed by atoms with Crippen molar-refractivity contribution in [1.82, 2.24) is 4.98 Å². The molecule has 0 amide bonds. The lowest BCUT2D eigenvalue weighted by atomic mass is 10.3. The van der Waals surface area contributed by atoms with Crippen LogP contribution < -0.4 is 10.5 Å². The number of hydrogen-bond donors (Lipinski definition) is 1.